The predicted molar refractivity (Wildman–Crippen MR) is 89.1 cm³/mol. The van der Waals surface area contributed by atoms with Gasteiger partial charge < -0.3 is 15.1 Å². The fourth-order valence-corrected chi connectivity index (χ4v) is 2.26. The van der Waals surface area contributed by atoms with Gasteiger partial charge in [-0.15, -0.1) is 0 Å². The SMILES string of the molecule is CCC(=O)Nc1ccc(Cl)c(NCc2ccc(I)o2)c1. The van der Waals surface area contributed by atoms with E-state index in [1.165, 1.54) is 0 Å². The molecule has 0 aliphatic heterocycles. The lowest BCUT2D eigenvalue weighted by Crippen LogP contribution is -2.09. The van der Waals surface area contributed by atoms with Gasteiger partial charge in [-0.2, -0.15) is 0 Å². The quantitative estimate of drug-likeness (QED) is 0.722. The smallest absolute Gasteiger partial charge is 0.224 e. The summed E-state index contributed by atoms with van der Waals surface area (Å²) in [5, 5.41) is 6.59. The van der Waals surface area contributed by atoms with E-state index in [1.54, 1.807) is 12.1 Å². The molecule has 6 heteroatoms. The van der Waals surface area contributed by atoms with E-state index in [1.807, 2.05) is 25.1 Å². The van der Waals surface area contributed by atoms with Gasteiger partial charge in [0, 0.05) is 12.1 Å². The molecule has 4 nitrogen and oxygen atoms in total. The summed E-state index contributed by atoms with van der Waals surface area (Å²) in [5.74, 6) is 0.798. The van der Waals surface area contributed by atoms with Crippen LogP contribution < -0.4 is 10.6 Å². The molecule has 1 amide bonds. The molecule has 2 N–H and O–H groups in total. The van der Waals surface area contributed by atoms with Gasteiger partial charge >= 0.3 is 0 Å². The van der Waals surface area contributed by atoms with Crippen LogP contribution in [0.2, 0.25) is 5.02 Å². The number of amides is 1. The Morgan fingerprint density at radius 2 is 2.15 bits per heavy atom. The lowest BCUT2D eigenvalue weighted by Gasteiger charge is -2.10. The Morgan fingerprint density at radius 1 is 1.35 bits per heavy atom. The van der Waals surface area contributed by atoms with E-state index in [0.717, 1.165) is 20.9 Å². The number of hydrogen-bond acceptors (Lipinski definition) is 3. The van der Waals surface area contributed by atoms with Crippen LogP contribution in [0.4, 0.5) is 11.4 Å². The molecule has 0 radical (unpaired) electrons. The minimum Gasteiger partial charge on any atom is -0.454 e. The number of anilines is 2. The molecule has 0 aliphatic rings. The van der Waals surface area contributed by atoms with E-state index in [4.69, 9.17) is 16.0 Å². The Kier molecular flexibility index (Phi) is 5.31. The van der Waals surface area contributed by atoms with Crippen LogP contribution in [-0.4, -0.2) is 5.91 Å². The van der Waals surface area contributed by atoms with Crippen molar-refractivity contribution in [2.75, 3.05) is 10.6 Å². The highest BCUT2D eigenvalue weighted by atomic mass is 127. The van der Waals surface area contributed by atoms with Gasteiger partial charge in [-0.3, -0.25) is 4.79 Å². The number of carbonyl (C=O) groups excluding carboxylic acids is 1. The van der Waals surface area contributed by atoms with Crippen molar-refractivity contribution < 1.29 is 9.21 Å². The summed E-state index contributed by atoms with van der Waals surface area (Å²) in [5.41, 5.74) is 1.48. The maximum Gasteiger partial charge on any atom is 0.224 e. The van der Waals surface area contributed by atoms with Crippen LogP contribution in [0.3, 0.4) is 0 Å². The molecule has 106 valence electrons. The Bertz CT molecular complexity index is 613. The van der Waals surface area contributed by atoms with Crippen molar-refractivity contribution in [3.05, 3.63) is 44.9 Å². The Labute approximate surface area is 136 Å². The van der Waals surface area contributed by atoms with Crippen LogP contribution in [0.5, 0.6) is 0 Å². The summed E-state index contributed by atoms with van der Waals surface area (Å²) in [6, 6.07) is 9.14. The predicted octanol–water partition coefficient (Wildman–Crippen LogP) is 4.50. The standard InChI is InChI=1S/C14H14ClIN2O2/c1-2-14(19)18-9-3-5-11(15)12(7-9)17-8-10-4-6-13(16)20-10/h3-7,17H,2,8H2,1H3,(H,18,19). The Morgan fingerprint density at radius 3 is 2.80 bits per heavy atom. The lowest BCUT2D eigenvalue weighted by atomic mass is 10.2. The van der Waals surface area contributed by atoms with E-state index in [2.05, 4.69) is 33.2 Å². The third-order valence-electron chi connectivity index (χ3n) is 2.65. The molecule has 0 fully saturated rings. The summed E-state index contributed by atoms with van der Waals surface area (Å²) >= 11 is 8.25. The summed E-state index contributed by atoms with van der Waals surface area (Å²) < 4.78 is 6.31. The Hall–Kier alpha value is -1.21. The summed E-state index contributed by atoms with van der Waals surface area (Å²) in [6.45, 7) is 2.34. The molecule has 1 aromatic carbocycles. The number of nitrogens with one attached hydrogen (secondary N) is 2. The first kappa shape index (κ1) is 15.2. The van der Waals surface area contributed by atoms with Crippen molar-refractivity contribution in [3.63, 3.8) is 0 Å². The highest BCUT2D eigenvalue weighted by Crippen LogP contribution is 2.26. The Balaban J connectivity index is 2.06. The second kappa shape index (κ2) is 6.99. The first-order valence-electron chi connectivity index (χ1n) is 6.16. The molecule has 0 saturated carbocycles. The molecule has 1 heterocycles. The van der Waals surface area contributed by atoms with Crippen molar-refractivity contribution in [2.24, 2.45) is 0 Å². The molecule has 0 saturated heterocycles. The van der Waals surface area contributed by atoms with Crippen molar-refractivity contribution in [3.8, 4) is 0 Å². The number of carbonyl (C=O) groups is 1. The number of rotatable bonds is 5. The van der Waals surface area contributed by atoms with Gasteiger partial charge in [0.25, 0.3) is 0 Å². The van der Waals surface area contributed by atoms with Crippen LogP contribution in [0.1, 0.15) is 19.1 Å². The molecular weight excluding hydrogens is 391 g/mol. The van der Waals surface area contributed by atoms with Crippen LogP contribution >= 0.6 is 34.2 Å². The second-order valence-electron chi connectivity index (χ2n) is 4.16. The monoisotopic (exact) mass is 404 g/mol. The average Bonchev–Trinajstić information content (AvgIpc) is 2.85. The number of benzene rings is 1. The zero-order valence-corrected chi connectivity index (χ0v) is 13.8. The van der Waals surface area contributed by atoms with Crippen molar-refractivity contribution >= 4 is 51.5 Å². The number of halogens is 2. The van der Waals surface area contributed by atoms with Crippen molar-refractivity contribution in [2.45, 2.75) is 19.9 Å². The molecule has 0 atom stereocenters. The van der Waals surface area contributed by atoms with E-state index >= 15 is 0 Å². The normalized spacial score (nSPS) is 10.3. The summed E-state index contributed by atoms with van der Waals surface area (Å²) in [7, 11) is 0. The zero-order valence-electron chi connectivity index (χ0n) is 10.9. The fraction of sp³-hybridized carbons (Fsp3) is 0.214. The maximum atomic E-state index is 11.4. The second-order valence-corrected chi connectivity index (χ2v) is 5.63. The highest BCUT2D eigenvalue weighted by molar-refractivity contribution is 14.1. The van der Waals surface area contributed by atoms with Gasteiger partial charge in [-0.05, 0) is 52.9 Å². The first-order valence-corrected chi connectivity index (χ1v) is 7.61. The largest absolute Gasteiger partial charge is 0.454 e. The average molecular weight is 405 g/mol. The molecule has 0 bridgehead atoms. The topological polar surface area (TPSA) is 54.3 Å². The van der Waals surface area contributed by atoms with Crippen LogP contribution in [0, 0.1) is 3.77 Å². The molecule has 0 unspecified atom stereocenters. The van der Waals surface area contributed by atoms with Gasteiger partial charge in [0.2, 0.25) is 5.91 Å². The van der Waals surface area contributed by atoms with E-state index in [-0.39, 0.29) is 5.91 Å². The van der Waals surface area contributed by atoms with Gasteiger partial charge in [0.1, 0.15) is 5.76 Å². The maximum absolute atomic E-state index is 11.4. The minimum atomic E-state index is -0.0288. The first-order chi connectivity index (χ1) is 9.58. The zero-order chi connectivity index (χ0) is 14.5. The molecule has 2 aromatic rings. The molecule has 0 spiro atoms. The summed E-state index contributed by atoms with van der Waals surface area (Å²) in [6.07, 6.45) is 0.441. The molecule has 1 aromatic heterocycles. The third-order valence-corrected chi connectivity index (χ3v) is 3.56. The van der Waals surface area contributed by atoms with Gasteiger partial charge in [-0.25, -0.2) is 0 Å². The van der Waals surface area contributed by atoms with Crippen molar-refractivity contribution in [1.29, 1.82) is 0 Å². The van der Waals surface area contributed by atoms with E-state index in [0.29, 0.717) is 18.0 Å². The van der Waals surface area contributed by atoms with Gasteiger partial charge in [0.15, 0.2) is 3.77 Å². The van der Waals surface area contributed by atoms with Gasteiger partial charge in [0.05, 0.1) is 17.3 Å². The molecule has 2 rings (SSSR count). The number of hydrogen-bond donors (Lipinski definition) is 2. The van der Waals surface area contributed by atoms with Crippen LogP contribution in [0.25, 0.3) is 0 Å². The minimum absolute atomic E-state index is 0.0288. The molecular formula is C14H14ClIN2O2. The molecule has 0 aliphatic carbocycles. The van der Waals surface area contributed by atoms with Crippen LogP contribution in [0.15, 0.2) is 34.7 Å². The van der Waals surface area contributed by atoms with Crippen molar-refractivity contribution in [1.82, 2.24) is 0 Å². The van der Waals surface area contributed by atoms with E-state index < -0.39 is 0 Å². The summed E-state index contributed by atoms with van der Waals surface area (Å²) in [4.78, 5) is 11.4. The van der Waals surface area contributed by atoms with E-state index in [9.17, 15) is 4.79 Å². The number of furan rings is 1. The highest BCUT2D eigenvalue weighted by Gasteiger charge is 2.06. The lowest BCUT2D eigenvalue weighted by molar-refractivity contribution is -0.115. The third kappa shape index (κ3) is 4.14. The molecule has 20 heavy (non-hydrogen) atoms. The van der Waals surface area contributed by atoms with Gasteiger partial charge in [-0.1, -0.05) is 18.5 Å². The van der Waals surface area contributed by atoms with Crippen LogP contribution in [-0.2, 0) is 11.3 Å². The fourth-order valence-electron chi connectivity index (χ4n) is 1.62.